The second-order valence-electron chi connectivity index (χ2n) is 7.24. The van der Waals surface area contributed by atoms with Crippen molar-refractivity contribution in [3.8, 4) is 5.75 Å². The van der Waals surface area contributed by atoms with Crippen LogP contribution in [0.2, 0.25) is 5.02 Å². The van der Waals surface area contributed by atoms with E-state index in [0.29, 0.717) is 17.3 Å². The number of carbonyl (C=O) groups excluding carboxylic acids is 2. The van der Waals surface area contributed by atoms with Crippen LogP contribution in [0.25, 0.3) is 0 Å². The third-order valence-corrected chi connectivity index (χ3v) is 5.07. The maximum atomic E-state index is 13.0. The van der Waals surface area contributed by atoms with E-state index in [9.17, 15) is 9.59 Å². The molecule has 0 radical (unpaired) electrons. The van der Waals surface area contributed by atoms with Gasteiger partial charge in [0.15, 0.2) is 6.61 Å². The number of halogens is 1. The zero-order chi connectivity index (χ0) is 21.4. The van der Waals surface area contributed by atoms with Crippen molar-refractivity contribution in [1.29, 1.82) is 0 Å². The molecule has 0 bridgehead atoms. The smallest absolute Gasteiger partial charge is 0.261 e. The van der Waals surface area contributed by atoms with Gasteiger partial charge in [0.05, 0.1) is 0 Å². The maximum absolute atomic E-state index is 13.0. The third kappa shape index (κ3) is 7.09. The standard InChI is InChI=1S/C23H29ClN2O3/c1-5-17(3)25-23(28)18(4)26(14-19-8-10-20(24)11-9-19)22(27)15-29-21-12-6-16(2)7-13-21/h6-13,17-18H,5,14-15H2,1-4H3,(H,25,28)/t17-,18+/m0/s1. The number of amides is 2. The van der Waals surface area contributed by atoms with Crippen molar-refractivity contribution >= 4 is 23.4 Å². The average molecular weight is 417 g/mol. The minimum atomic E-state index is -0.631. The Balaban J connectivity index is 2.13. The topological polar surface area (TPSA) is 58.6 Å². The van der Waals surface area contributed by atoms with Crippen molar-refractivity contribution in [2.75, 3.05) is 6.61 Å². The summed E-state index contributed by atoms with van der Waals surface area (Å²) in [5.41, 5.74) is 2.00. The Morgan fingerprint density at radius 1 is 1.07 bits per heavy atom. The van der Waals surface area contributed by atoms with Gasteiger partial charge in [-0.3, -0.25) is 9.59 Å². The van der Waals surface area contributed by atoms with E-state index in [1.165, 1.54) is 4.90 Å². The van der Waals surface area contributed by atoms with Crippen LogP contribution in [0, 0.1) is 6.92 Å². The fraction of sp³-hybridized carbons (Fsp3) is 0.391. The van der Waals surface area contributed by atoms with E-state index in [-0.39, 0.29) is 24.5 Å². The number of carbonyl (C=O) groups is 2. The highest BCUT2D eigenvalue weighted by Crippen LogP contribution is 2.15. The molecule has 0 aromatic heterocycles. The van der Waals surface area contributed by atoms with Crippen LogP contribution in [0.4, 0.5) is 0 Å². The van der Waals surface area contributed by atoms with Crippen molar-refractivity contribution in [3.63, 3.8) is 0 Å². The summed E-state index contributed by atoms with van der Waals surface area (Å²) >= 11 is 5.96. The Labute approximate surface area is 178 Å². The van der Waals surface area contributed by atoms with Gasteiger partial charge in [0.25, 0.3) is 5.91 Å². The van der Waals surface area contributed by atoms with Crippen LogP contribution in [0.3, 0.4) is 0 Å². The molecule has 0 saturated carbocycles. The van der Waals surface area contributed by atoms with Gasteiger partial charge in [-0.2, -0.15) is 0 Å². The molecule has 0 heterocycles. The molecule has 0 aliphatic carbocycles. The highest BCUT2D eigenvalue weighted by Gasteiger charge is 2.27. The first-order valence-corrected chi connectivity index (χ1v) is 10.2. The lowest BCUT2D eigenvalue weighted by atomic mass is 10.1. The number of ether oxygens (including phenoxy) is 1. The Morgan fingerprint density at radius 2 is 1.69 bits per heavy atom. The number of hydrogen-bond donors (Lipinski definition) is 1. The summed E-state index contributed by atoms with van der Waals surface area (Å²) in [6.45, 7) is 7.82. The summed E-state index contributed by atoms with van der Waals surface area (Å²) in [7, 11) is 0. The average Bonchev–Trinajstić information content (AvgIpc) is 2.72. The molecule has 2 aromatic rings. The number of aryl methyl sites for hydroxylation is 1. The normalized spacial score (nSPS) is 12.7. The maximum Gasteiger partial charge on any atom is 0.261 e. The summed E-state index contributed by atoms with van der Waals surface area (Å²) < 4.78 is 5.65. The van der Waals surface area contributed by atoms with Gasteiger partial charge in [0.2, 0.25) is 5.91 Å². The molecule has 2 atom stereocenters. The van der Waals surface area contributed by atoms with Crippen LogP contribution in [-0.2, 0) is 16.1 Å². The molecular formula is C23H29ClN2O3. The van der Waals surface area contributed by atoms with Crippen molar-refractivity contribution in [3.05, 3.63) is 64.7 Å². The molecule has 0 saturated heterocycles. The highest BCUT2D eigenvalue weighted by molar-refractivity contribution is 6.30. The van der Waals surface area contributed by atoms with Crippen LogP contribution >= 0.6 is 11.6 Å². The van der Waals surface area contributed by atoms with Crippen LogP contribution in [0.5, 0.6) is 5.75 Å². The molecule has 0 unspecified atom stereocenters. The van der Waals surface area contributed by atoms with Gasteiger partial charge in [-0.1, -0.05) is 48.4 Å². The Morgan fingerprint density at radius 3 is 2.28 bits per heavy atom. The summed E-state index contributed by atoms with van der Waals surface area (Å²) in [5, 5.41) is 3.57. The van der Waals surface area contributed by atoms with E-state index in [1.54, 1.807) is 19.1 Å². The predicted molar refractivity (Wildman–Crippen MR) is 116 cm³/mol. The molecule has 0 fully saturated rings. The van der Waals surface area contributed by atoms with Crippen LogP contribution in [0.15, 0.2) is 48.5 Å². The monoisotopic (exact) mass is 416 g/mol. The summed E-state index contributed by atoms with van der Waals surface area (Å²) in [6.07, 6.45) is 0.820. The Kier molecular flexibility index (Phi) is 8.52. The molecule has 6 heteroatoms. The largest absolute Gasteiger partial charge is 0.484 e. The first-order valence-electron chi connectivity index (χ1n) is 9.84. The van der Waals surface area contributed by atoms with Gasteiger partial charge in [-0.15, -0.1) is 0 Å². The molecule has 0 aliphatic rings. The van der Waals surface area contributed by atoms with Gasteiger partial charge in [0.1, 0.15) is 11.8 Å². The van der Waals surface area contributed by atoms with Gasteiger partial charge in [-0.05, 0) is 57.0 Å². The molecule has 2 amide bonds. The molecule has 0 spiro atoms. The fourth-order valence-electron chi connectivity index (χ4n) is 2.70. The SMILES string of the molecule is CC[C@H](C)NC(=O)[C@@H](C)N(Cc1ccc(Cl)cc1)C(=O)COc1ccc(C)cc1. The summed E-state index contributed by atoms with van der Waals surface area (Å²) in [4.78, 5) is 27.1. The van der Waals surface area contributed by atoms with Gasteiger partial charge in [0, 0.05) is 17.6 Å². The number of rotatable bonds is 9. The van der Waals surface area contributed by atoms with Crippen molar-refractivity contribution in [1.82, 2.24) is 10.2 Å². The lowest BCUT2D eigenvalue weighted by Crippen LogP contribution is -2.50. The molecule has 29 heavy (non-hydrogen) atoms. The van der Waals surface area contributed by atoms with E-state index < -0.39 is 6.04 Å². The quantitative estimate of drug-likeness (QED) is 0.660. The first kappa shape index (κ1) is 22.8. The number of benzene rings is 2. The number of hydrogen-bond acceptors (Lipinski definition) is 3. The van der Waals surface area contributed by atoms with Crippen LogP contribution < -0.4 is 10.1 Å². The van der Waals surface area contributed by atoms with E-state index >= 15 is 0 Å². The van der Waals surface area contributed by atoms with Crippen molar-refractivity contribution in [2.45, 2.75) is 52.7 Å². The third-order valence-electron chi connectivity index (χ3n) is 4.82. The molecule has 2 rings (SSSR count). The summed E-state index contributed by atoms with van der Waals surface area (Å²) in [6, 6.07) is 14.1. The molecule has 0 aliphatic heterocycles. The van der Waals surface area contributed by atoms with E-state index in [1.807, 2.05) is 57.2 Å². The second-order valence-corrected chi connectivity index (χ2v) is 7.68. The minimum Gasteiger partial charge on any atom is -0.484 e. The number of nitrogens with one attached hydrogen (secondary N) is 1. The summed E-state index contributed by atoms with van der Waals surface area (Å²) in [5.74, 6) is 0.177. The minimum absolute atomic E-state index is 0.0428. The van der Waals surface area contributed by atoms with Crippen molar-refractivity contribution < 1.29 is 14.3 Å². The first-order chi connectivity index (χ1) is 13.8. The molecule has 5 nitrogen and oxygen atoms in total. The lowest BCUT2D eigenvalue weighted by Gasteiger charge is -2.29. The Hall–Kier alpha value is -2.53. The highest BCUT2D eigenvalue weighted by atomic mass is 35.5. The van der Waals surface area contributed by atoms with Gasteiger partial charge < -0.3 is 15.0 Å². The van der Waals surface area contributed by atoms with Crippen molar-refractivity contribution in [2.24, 2.45) is 0 Å². The predicted octanol–water partition coefficient (Wildman–Crippen LogP) is 4.36. The zero-order valence-electron chi connectivity index (χ0n) is 17.4. The molecule has 1 N–H and O–H groups in total. The second kappa shape index (κ2) is 10.9. The molecule has 156 valence electrons. The van der Waals surface area contributed by atoms with Crippen LogP contribution in [0.1, 0.15) is 38.3 Å². The van der Waals surface area contributed by atoms with E-state index in [4.69, 9.17) is 16.3 Å². The lowest BCUT2D eigenvalue weighted by molar-refractivity contribution is -0.142. The van der Waals surface area contributed by atoms with E-state index in [0.717, 1.165) is 17.5 Å². The number of nitrogens with zero attached hydrogens (tertiary/aromatic N) is 1. The Bertz CT molecular complexity index is 806. The van der Waals surface area contributed by atoms with Gasteiger partial charge >= 0.3 is 0 Å². The zero-order valence-corrected chi connectivity index (χ0v) is 18.2. The van der Waals surface area contributed by atoms with E-state index in [2.05, 4.69) is 5.32 Å². The van der Waals surface area contributed by atoms with Crippen LogP contribution in [-0.4, -0.2) is 35.4 Å². The fourth-order valence-corrected chi connectivity index (χ4v) is 2.82. The molecular weight excluding hydrogens is 388 g/mol. The molecule has 2 aromatic carbocycles. The van der Waals surface area contributed by atoms with Gasteiger partial charge in [-0.25, -0.2) is 0 Å².